The van der Waals surface area contributed by atoms with Gasteiger partial charge in [-0.25, -0.2) is 4.39 Å². The number of hydrogen-bond donors (Lipinski definition) is 1. The molecule has 2 N–H and O–H groups in total. The van der Waals surface area contributed by atoms with Crippen molar-refractivity contribution >= 4 is 17.0 Å². The lowest BCUT2D eigenvalue weighted by molar-refractivity contribution is 0.624. The monoisotopic (exact) mass is 250 g/mol. The Morgan fingerprint density at radius 1 is 1.35 bits per heavy atom. The standard InChI is InChI=1S/C13H15FN2S/c1-16(9-13-3-2-4-17-13)12-6-10(8-15)5-11(14)7-12/h2-7H,8-9,15H2,1H3. The molecule has 0 aliphatic heterocycles. The second-order valence-corrected chi connectivity index (χ2v) is 4.99. The summed E-state index contributed by atoms with van der Waals surface area (Å²) in [7, 11) is 1.95. The second-order valence-electron chi connectivity index (χ2n) is 3.96. The Morgan fingerprint density at radius 2 is 2.18 bits per heavy atom. The van der Waals surface area contributed by atoms with E-state index in [2.05, 4.69) is 6.07 Å². The van der Waals surface area contributed by atoms with Crippen molar-refractivity contribution in [1.29, 1.82) is 0 Å². The van der Waals surface area contributed by atoms with E-state index in [4.69, 9.17) is 5.73 Å². The molecule has 0 unspecified atom stereocenters. The quantitative estimate of drug-likeness (QED) is 0.904. The molecular formula is C13H15FN2S. The van der Waals surface area contributed by atoms with Gasteiger partial charge in [0.1, 0.15) is 5.82 Å². The molecule has 0 saturated carbocycles. The van der Waals surface area contributed by atoms with Crippen LogP contribution in [0.1, 0.15) is 10.4 Å². The first-order chi connectivity index (χ1) is 8.19. The van der Waals surface area contributed by atoms with Gasteiger partial charge in [-0.15, -0.1) is 11.3 Å². The topological polar surface area (TPSA) is 29.3 Å². The summed E-state index contributed by atoms with van der Waals surface area (Å²) in [6.45, 7) is 1.14. The zero-order chi connectivity index (χ0) is 12.3. The summed E-state index contributed by atoms with van der Waals surface area (Å²) < 4.78 is 13.4. The summed E-state index contributed by atoms with van der Waals surface area (Å²) in [5, 5.41) is 2.04. The van der Waals surface area contributed by atoms with Crippen LogP contribution in [-0.4, -0.2) is 7.05 Å². The molecule has 2 aromatic rings. The lowest BCUT2D eigenvalue weighted by Crippen LogP contribution is -2.16. The molecule has 2 nitrogen and oxygen atoms in total. The highest BCUT2D eigenvalue weighted by molar-refractivity contribution is 7.09. The molecule has 0 bridgehead atoms. The van der Waals surface area contributed by atoms with Gasteiger partial charge in [-0.05, 0) is 35.2 Å². The van der Waals surface area contributed by atoms with E-state index in [1.165, 1.54) is 17.0 Å². The fourth-order valence-corrected chi connectivity index (χ4v) is 2.46. The number of anilines is 1. The van der Waals surface area contributed by atoms with Gasteiger partial charge >= 0.3 is 0 Å². The van der Waals surface area contributed by atoms with Crippen LogP contribution in [0.15, 0.2) is 35.7 Å². The van der Waals surface area contributed by atoms with Gasteiger partial charge in [0.2, 0.25) is 0 Å². The summed E-state index contributed by atoms with van der Waals surface area (Å²) >= 11 is 1.70. The molecule has 4 heteroatoms. The van der Waals surface area contributed by atoms with E-state index in [-0.39, 0.29) is 5.82 Å². The van der Waals surface area contributed by atoms with Gasteiger partial charge < -0.3 is 10.6 Å². The Hall–Kier alpha value is -1.39. The second kappa shape index (κ2) is 5.29. The van der Waals surface area contributed by atoms with E-state index < -0.39 is 0 Å². The third-order valence-electron chi connectivity index (χ3n) is 2.59. The van der Waals surface area contributed by atoms with Crippen molar-refractivity contribution in [3.8, 4) is 0 Å². The van der Waals surface area contributed by atoms with Crippen LogP contribution in [0.4, 0.5) is 10.1 Å². The van der Waals surface area contributed by atoms with Crippen LogP contribution in [0.5, 0.6) is 0 Å². The molecule has 90 valence electrons. The lowest BCUT2D eigenvalue weighted by atomic mass is 10.2. The number of thiophene rings is 1. The number of hydrogen-bond acceptors (Lipinski definition) is 3. The van der Waals surface area contributed by atoms with E-state index in [9.17, 15) is 4.39 Å². The average Bonchev–Trinajstić information content (AvgIpc) is 2.81. The molecule has 0 atom stereocenters. The Kier molecular flexibility index (Phi) is 3.76. The van der Waals surface area contributed by atoms with Crippen LogP contribution in [0.2, 0.25) is 0 Å². The van der Waals surface area contributed by atoms with E-state index >= 15 is 0 Å². The minimum atomic E-state index is -0.235. The van der Waals surface area contributed by atoms with Crippen molar-refractivity contribution in [2.75, 3.05) is 11.9 Å². The Morgan fingerprint density at radius 3 is 2.82 bits per heavy atom. The lowest BCUT2D eigenvalue weighted by Gasteiger charge is -2.19. The summed E-state index contributed by atoms with van der Waals surface area (Å²) in [6.07, 6.45) is 0. The van der Waals surface area contributed by atoms with Crippen LogP contribution < -0.4 is 10.6 Å². The predicted octanol–water partition coefficient (Wildman–Crippen LogP) is 2.98. The van der Waals surface area contributed by atoms with Gasteiger partial charge in [-0.1, -0.05) is 6.07 Å². The van der Waals surface area contributed by atoms with Crippen LogP contribution in [0.25, 0.3) is 0 Å². The Balaban J connectivity index is 2.18. The smallest absolute Gasteiger partial charge is 0.125 e. The molecule has 0 radical (unpaired) electrons. The minimum absolute atomic E-state index is 0.235. The highest BCUT2D eigenvalue weighted by Crippen LogP contribution is 2.20. The number of nitrogens with zero attached hydrogens (tertiary/aromatic N) is 1. The van der Waals surface area contributed by atoms with Gasteiger partial charge in [0, 0.05) is 24.2 Å². The van der Waals surface area contributed by atoms with E-state index in [1.807, 2.05) is 29.5 Å². The summed E-state index contributed by atoms with van der Waals surface area (Å²) in [5.41, 5.74) is 7.22. The molecule has 1 aromatic heterocycles. The molecule has 0 saturated heterocycles. The molecule has 17 heavy (non-hydrogen) atoms. The van der Waals surface area contributed by atoms with Crippen molar-refractivity contribution < 1.29 is 4.39 Å². The van der Waals surface area contributed by atoms with Crippen LogP contribution in [0.3, 0.4) is 0 Å². The molecule has 0 fully saturated rings. The Bertz CT molecular complexity index is 482. The largest absolute Gasteiger partial charge is 0.369 e. The van der Waals surface area contributed by atoms with Gasteiger partial charge in [0.05, 0.1) is 6.54 Å². The highest BCUT2D eigenvalue weighted by atomic mass is 32.1. The summed E-state index contributed by atoms with van der Waals surface area (Å²) in [4.78, 5) is 3.28. The number of halogens is 1. The van der Waals surface area contributed by atoms with Crippen molar-refractivity contribution in [2.45, 2.75) is 13.1 Å². The first kappa shape index (κ1) is 12.1. The van der Waals surface area contributed by atoms with Gasteiger partial charge in [0.25, 0.3) is 0 Å². The number of rotatable bonds is 4. The molecule has 1 aromatic carbocycles. The van der Waals surface area contributed by atoms with Crippen LogP contribution >= 0.6 is 11.3 Å². The van der Waals surface area contributed by atoms with Crippen molar-refractivity contribution in [3.05, 3.63) is 52.0 Å². The third kappa shape index (κ3) is 3.05. The molecule has 0 spiro atoms. The molecule has 1 heterocycles. The normalized spacial score (nSPS) is 10.5. The van der Waals surface area contributed by atoms with E-state index in [0.29, 0.717) is 6.54 Å². The average molecular weight is 250 g/mol. The Labute approximate surface area is 104 Å². The van der Waals surface area contributed by atoms with E-state index in [0.717, 1.165) is 17.8 Å². The maximum absolute atomic E-state index is 13.4. The highest BCUT2D eigenvalue weighted by Gasteiger charge is 2.06. The maximum atomic E-state index is 13.4. The van der Waals surface area contributed by atoms with E-state index in [1.54, 1.807) is 11.3 Å². The first-order valence-corrected chi connectivity index (χ1v) is 6.30. The van der Waals surface area contributed by atoms with Crippen molar-refractivity contribution in [2.24, 2.45) is 5.73 Å². The van der Waals surface area contributed by atoms with Crippen molar-refractivity contribution in [3.63, 3.8) is 0 Å². The van der Waals surface area contributed by atoms with Gasteiger partial charge in [-0.3, -0.25) is 0 Å². The van der Waals surface area contributed by atoms with Crippen LogP contribution in [0, 0.1) is 5.82 Å². The fraction of sp³-hybridized carbons (Fsp3) is 0.231. The predicted molar refractivity (Wildman–Crippen MR) is 70.7 cm³/mol. The first-order valence-electron chi connectivity index (χ1n) is 5.42. The molecular weight excluding hydrogens is 235 g/mol. The third-order valence-corrected chi connectivity index (χ3v) is 3.45. The van der Waals surface area contributed by atoms with Gasteiger partial charge in [-0.2, -0.15) is 0 Å². The number of benzene rings is 1. The zero-order valence-corrected chi connectivity index (χ0v) is 10.5. The summed E-state index contributed by atoms with van der Waals surface area (Å²) in [6, 6.07) is 9.03. The molecule has 0 aliphatic rings. The van der Waals surface area contributed by atoms with Crippen molar-refractivity contribution in [1.82, 2.24) is 0 Å². The fourth-order valence-electron chi connectivity index (χ4n) is 1.70. The number of nitrogens with two attached hydrogens (primary N) is 1. The molecule has 0 amide bonds. The zero-order valence-electron chi connectivity index (χ0n) is 9.69. The molecule has 2 rings (SSSR count). The minimum Gasteiger partial charge on any atom is -0.369 e. The molecule has 0 aliphatic carbocycles. The van der Waals surface area contributed by atoms with Gasteiger partial charge in [0.15, 0.2) is 0 Å². The summed E-state index contributed by atoms with van der Waals surface area (Å²) in [5.74, 6) is -0.235. The maximum Gasteiger partial charge on any atom is 0.125 e. The van der Waals surface area contributed by atoms with Crippen LogP contribution in [-0.2, 0) is 13.1 Å². The SMILES string of the molecule is CN(Cc1cccs1)c1cc(F)cc(CN)c1.